The first kappa shape index (κ1) is 21.5. The molecule has 8 nitrogen and oxygen atoms in total. The molecule has 28 heavy (non-hydrogen) atoms. The third kappa shape index (κ3) is 5.35. The van der Waals surface area contributed by atoms with E-state index in [0.717, 1.165) is 16.7 Å². The lowest BCUT2D eigenvalue weighted by Gasteiger charge is -2.14. The molecule has 1 heterocycles. The van der Waals surface area contributed by atoms with Crippen LogP contribution in [0.3, 0.4) is 0 Å². The zero-order chi connectivity index (χ0) is 20.8. The van der Waals surface area contributed by atoms with E-state index in [0.29, 0.717) is 17.7 Å². The van der Waals surface area contributed by atoms with Crippen LogP contribution in [0.1, 0.15) is 32.8 Å². The highest BCUT2D eigenvalue weighted by Gasteiger charge is 2.36. The van der Waals surface area contributed by atoms with Gasteiger partial charge in [-0.15, -0.1) is 0 Å². The summed E-state index contributed by atoms with van der Waals surface area (Å²) in [4.78, 5) is 48.6. The van der Waals surface area contributed by atoms with Gasteiger partial charge in [-0.25, -0.2) is 0 Å². The largest absolute Gasteiger partial charge is 0.493 e. The van der Waals surface area contributed by atoms with Crippen molar-refractivity contribution in [3.8, 4) is 11.5 Å². The van der Waals surface area contributed by atoms with Crippen LogP contribution in [-0.2, 0) is 19.1 Å². The quantitative estimate of drug-likeness (QED) is 0.386. The number of rotatable bonds is 7. The SMILES string of the molecule is CC[C@@H](C)OC(=O)CN1C(=O)S/C(=C\c2ccc(OC(C)=O)c(OC)c2)C1=O. The highest BCUT2D eigenvalue weighted by Crippen LogP contribution is 2.34. The molecule has 9 heteroatoms. The molecule has 1 fully saturated rings. The van der Waals surface area contributed by atoms with Crippen molar-refractivity contribution in [1.29, 1.82) is 0 Å². The first-order valence-corrected chi connectivity index (χ1v) is 9.38. The fourth-order valence-corrected chi connectivity index (χ4v) is 3.11. The molecule has 0 saturated carbocycles. The number of esters is 2. The van der Waals surface area contributed by atoms with Gasteiger partial charge in [0.1, 0.15) is 6.54 Å². The standard InChI is InChI=1S/C19H21NO7S/c1-5-11(2)26-17(22)10-20-18(23)16(28-19(20)24)9-13-6-7-14(27-12(3)21)15(8-13)25-4/h6-9,11H,5,10H2,1-4H3/b16-9-/t11-/m1/s1. The van der Waals surface area contributed by atoms with Crippen molar-refractivity contribution < 1.29 is 33.4 Å². The maximum Gasteiger partial charge on any atom is 0.326 e. The molecule has 0 radical (unpaired) electrons. The maximum absolute atomic E-state index is 12.5. The number of benzene rings is 1. The predicted octanol–water partition coefficient (Wildman–Crippen LogP) is 3.00. The van der Waals surface area contributed by atoms with Gasteiger partial charge in [0.25, 0.3) is 11.1 Å². The summed E-state index contributed by atoms with van der Waals surface area (Å²) in [6.07, 6.45) is 1.86. The number of methoxy groups -OCH3 is 1. The summed E-state index contributed by atoms with van der Waals surface area (Å²) in [6, 6.07) is 4.72. The van der Waals surface area contributed by atoms with E-state index >= 15 is 0 Å². The van der Waals surface area contributed by atoms with Gasteiger partial charge in [-0.05, 0) is 48.9 Å². The van der Waals surface area contributed by atoms with Crippen molar-refractivity contribution in [3.63, 3.8) is 0 Å². The van der Waals surface area contributed by atoms with Crippen molar-refractivity contribution in [2.75, 3.05) is 13.7 Å². The minimum atomic E-state index is -0.634. The first-order valence-electron chi connectivity index (χ1n) is 8.56. The lowest BCUT2D eigenvalue weighted by atomic mass is 10.2. The highest BCUT2D eigenvalue weighted by atomic mass is 32.2. The van der Waals surface area contributed by atoms with E-state index < -0.39 is 29.6 Å². The molecule has 150 valence electrons. The van der Waals surface area contributed by atoms with Crippen LogP contribution in [0.2, 0.25) is 0 Å². The highest BCUT2D eigenvalue weighted by molar-refractivity contribution is 8.18. The Morgan fingerprint density at radius 1 is 1.25 bits per heavy atom. The number of carbonyl (C=O) groups is 4. The number of imide groups is 1. The minimum absolute atomic E-state index is 0.170. The summed E-state index contributed by atoms with van der Waals surface area (Å²) in [5, 5.41) is -0.541. The smallest absolute Gasteiger partial charge is 0.326 e. The van der Waals surface area contributed by atoms with E-state index in [9.17, 15) is 19.2 Å². The van der Waals surface area contributed by atoms with Crippen molar-refractivity contribution in [3.05, 3.63) is 28.7 Å². The van der Waals surface area contributed by atoms with Crippen molar-refractivity contribution in [2.24, 2.45) is 0 Å². The second kappa shape index (κ2) is 9.41. The topological polar surface area (TPSA) is 99.2 Å². The number of hydrogen-bond acceptors (Lipinski definition) is 8. The normalized spacial score (nSPS) is 16.3. The number of ether oxygens (including phenoxy) is 3. The van der Waals surface area contributed by atoms with Crippen LogP contribution in [0.5, 0.6) is 11.5 Å². The summed E-state index contributed by atoms with van der Waals surface area (Å²) >= 11 is 0.736. The van der Waals surface area contributed by atoms with Crippen LogP contribution < -0.4 is 9.47 Å². The third-order valence-electron chi connectivity index (χ3n) is 3.81. The van der Waals surface area contributed by atoms with E-state index in [4.69, 9.17) is 14.2 Å². The molecule has 1 atom stereocenters. The van der Waals surface area contributed by atoms with Crippen molar-refractivity contribution in [1.82, 2.24) is 4.90 Å². The van der Waals surface area contributed by atoms with E-state index in [1.807, 2.05) is 6.92 Å². The number of amides is 2. The monoisotopic (exact) mass is 407 g/mol. The Morgan fingerprint density at radius 3 is 2.57 bits per heavy atom. The van der Waals surface area contributed by atoms with Crippen LogP contribution in [0.4, 0.5) is 4.79 Å². The minimum Gasteiger partial charge on any atom is -0.493 e. The number of hydrogen-bond donors (Lipinski definition) is 0. The number of carbonyl (C=O) groups excluding carboxylic acids is 4. The molecule has 0 aromatic heterocycles. The van der Waals surface area contributed by atoms with Gasteiger partial charge in [-0.1, -0.05) is 13.0 Å². The molecule has 0 aliphatic carbocycles. The van der Waals surface area contributed by atoms with Gasteiger partial charge in [-0.3, -0.25) is 24.1 Å². The third-order valence-corrected chi connectivity index (χ3v) is 4.71. The fourth-order valence-electron chi connectivity index (χ4n) is 2.27. The summed E-state index contributed by atoms with van der Waals surface area (Å²) in [6.45, 7) is 4.44. The van der Waals surface area contributed by atoms with Gasteiger partial charge in [0.05, 0.1) is 18.1 Å². The van der Waals surface area contributed by atoms with Crippen LogP contribution in [0.25, 0.3) is 6.08 Å². The molecule has 0 unspecified atom stereocenters. The Labute approximate surface area is 166 Å². The molecule has 2 amide bonds. The summed E-state index contributed by atoms with van der Waals surface area (Å²) in [5.41, 5.74) is 0.570. The van der Waals surface area contributed by atoms with E-state index in [2.05, 4.69) is 0 Å². The van der Waals surface area contributed by atoms with Gasteiger partial charge in [0.15, 0.2) is 11.5 Å². The van der Waals surface area contributed by atoms with Crippen LogP contribution in [0, 0.1) is 0 Å². The molecule has 0 bridgehead atoms. The molecule has 2 rings (SSSR count). The van der Waals surface area contributed by atoms with Gasteiger partial charge >= 0.3 is 11.9 Å². The predicted molar refractivity (Wildman–Crippen MR) is 103 cm³/mol. The van der Waals surface area contributed by atoms with Gasteiger partial charge in [0, 0.05) is 6.92 Å². The molecule has 1 saturated heterocycles. The van der Waals surface area contributed by atoms with Gasteiger partial charge in [0.2, 0.25) is 0 Å². The molecular formula is C19H21NO7S. The Balaban J connectivity index is 2.16. The first-order chi connectivity index (χ1) is 13.2. The fraction of sp³-hybridized carbons (Fsp3) is 0.368. The molecule has 0 N–H and O–H groups in total. The summed E-state index contributed by atoms with van der Waals surface area (Å²) in [5.74, 6) is -1.14. The van der Waals surface area contributed by atoms with Crippen molar-refractivity contribution >= 4 is 40.9 Å². The second-order valence-electron chi connectivity index (χ2n) is 5.98. The molecule has 0 spiro atoms. The average Bonchev–Trinajstić information content (AvgIpc) is 2.89. The van der Waals surface area contributed by atoms with Gasteiger partial charge < -0.3 is 14.2 Å². The summed E-state index contributed by atoms with van der Waals surface area (Å²) < 4.78 is 15.3. The Hall–Kier alpha value is -2.81. The zero-order valence-corrected chi connectivity index (χ0v) is 16.8. The Kier molecular flexibility index (Phi) is 7.22. The van der Waals surface area contributed by atoms with E-state index in [1.54, 1.807) is 19.1 Å². The Morgan fingerprint density at radius 2 is 1.96 bits per heavy atom. The zero-order valence-electron chi connectivity index (χ0n) is 16.0. The van der Waals surface area contributed by atoms with Gasteiger partial charge in [-0.2, -0.15) is 0 Å². The lowest BCUT2D eigenvalue weighted by molar-refractivity contribution is -0.150. The average molecular weight is 407 g/mol. The van der Waals surface area contributed by atoms with Crippen LogP contribution >= 0.6 is 11.8 Å². The molecule has 1 aromatic carbocycles. The summed E-state index contributed by atoms with van der Waals surface area (Å²) in [7, 11) is 1.42. The van der Waals surface area contributed by atoms with E-state index in [-0.39, 0.29) is 16.8 Å². The van der Waals surface area contributed by atoms with Crippen molar-refractivity contribution in [2.45, 2.75) is 33.3 Å². The molecular weight excluding hydrogens is 386 g/mol. The molecule has 1 aliphatic rings. The lowest BCUT2D eigenvalue weighted by Crippen LogP contribution is -2.35. The van der Waals surface area contributed by atoms with E-state index in [1.165, 1.54) is 26.2 Å². The second-order valence-corrected chi connectivity index (χ2v) is 6.97. The number of nitrogens with zero attached hydrogens (tertiary/aromatic N) is 1. The van der Waals surface area contributed by atoms with Crippen LogP contribution in [-0.4, -0.2) is 47.7 Å². The maximum atomic E-state index is 12.5. The molecule has 1 aromatic rings. The molecule has 1 aliphatic heterocycles. The van der Waals surface area contributed by atoms with Crippen LogP contribution in [0.15, 0.2) is 23.1 Å². The number of thioether (sulfide) groups is 1. The Bertz CT molecular complexity index is 834.